The largest absolute Gasteiger partial charge is 0.491 e. The van der Waals surface area contributed by atoms with Gasteiger partial charge in [0.2, 0.25) is 5.91 Å². The summed E-state index contributed by atoms with van der Waals surface area (Å²) in [5, 5.41) is 15.4. The van der Waals surface area contributed by atoms with Gasteiger partial charge in [-0.15, -0.1) is 12.4 Å². The van der Waals surface area contributed by atoms with Gasteiger partial charge in [0.25, 0.3) is 0 Å². The average molecular weight is 355 g/mol. The number of fused-ring (bicyclic) bond motifs is 1. The van der Waals surface area contributed by atoms with Gasteiger partial charge in [-0.05, 0) is 31.4 Å². The van der Waals surface area contributed by atoms with Crippen molar-refractivity contribution < 1.29 is 14.6 Å². The molecule has 0 aromatic heterocycles. The number of carbonyl (C=O) groups excluding carboxylic acids is 1. The molecule has 3 rings (SSSR count). The van der Waals surface area contributed by atoms with Crippen molar-refractivity contribution in [1.82, 2.24) is 10.6 Å². The van der Waals surface area contributed by atoms with Crippen LogP contribution in [0.2, 0.25) is 0 Å². The lowest BCUT2D eigenvalue weighted by Gasteiger charge is -2.37. The van der Waals surface area contributed by atoms with Gasteiger partial charge in [0.05, 0.1) is 12.0 Å². The van der Waals surface area contributed by atoms with Crippen molar-refractivity contribution in [2.45, 2.75) is 32.2 Å². The molecule has 1 aliphatic heterocycles. The summed E-state index contributed by atoms with van der Waals surface area (Å²) in [4.78, 5) is 12.9. The van der Waals surface area contributed by atoms with Crippen LogP contribution < -0.4 is 15.4 Å². The Morgan fingerprint density at radius 1 is 1.38 bits per heavy atom. The van der Waals surface area contributed by atoms with E-state index >= 15 is 0 Å². The molecular weight excluding hydrogens is 328 g/mol. The zero-order valence-corrected chi connectivity index (χ0v) is 14.7. The summed E-state index contributed by atoms with van der Waals surface area (Å²) < 4.78 is 5.54. The van der Waals surface area contributed by atoms with Gasteiger partial charge in [-0.2, -0.15) is 0 Å². The highest BCUT2D eigenvalue weighted by atomic mass is 35.5. The summed E-state index contributed by atoms with van der Waals surface area (Å²) >= 11 is 0. The number of ether oxygens (including phenoxy) is 1. The zero-order chi connectivity index (χ0) is 16.1. The van der Waals surface area contributed by atoms with Crippen molar-refractivity contribution in [2.24, 2.45) is 11.3 Å². The second-order valence-corrected chi connectivity index (χ2v) is 6.59. The third kappa shape index (κ3) is 3.85. The minimum absolute atomic E-state index is 0. The summed E-state index contributed by atoms with van der Waals surface area (Å²) in [5.74, 6) is 1.37. The second kappa shape index (κ2) is 8.70. The molecule has 1 aliphatic carbocycles. The monoisotopic (exact) mass is 354 g/mol. The van der Waals surface area contributed by atoms with Crippen molar-refractivity contribution in [2.75, 3.05) is 26.3 Å². The number of aliphatic hydroxyl groups excluding tert-OH is 1. The Bertz CT molecular complexity index is 555. The van der Waals surface area contributed by atoms with Crippen LogP contribution in [0.15, 0.2) is 24.3 Å². The fraction of sp³-hybridized carbons (Fsp3) is 0.611. The Balaban J connectivity index is 0.00000208. The van der Waals surface area contributed by atoms with Gasteiger partial charge >= 0.3 is 0 Å². The number of aliphatic hydroxyl groups is 1. The van der Waals surface area contributed by atoms with Gasteiger partial charge in [-0.1, -0.05) is 31.0 Å². The van der Waals surface area contributed by atoms with Crippen LogP contribution in [-0.4, -0.2) is 37.3 Å². The molecule has 0 spiro atoms. The lowest BCUT2D eigenvalue weighted by molar-refractivity contribution is -0.134. The first-order valence-corrected chi connectivity index (χ1v) is 8.57. The van der Waals surface area contributed by atoms with Gasteiger partial charge < -0.3 is 20.5 Å². The van der Waals surface area contributed by atoms with E-state index in [0.29, 0.717) is 12.5 Å². The summed E-state index contributed by atoms with van der Waals surface area (Å²) in [7, 11) is 0. The minimum Gasteiger partial charge on any atom is -0.491 e. The lowest BCUT2D eigenvalue weighted by atomic mass is 9.67. The van der Waals surface area contributed by atoms with Crippen LogP contribution in [0.5, 0.6) is 5.75 Å². The molecule has 1 heterocycles. The number of hydrogen-bond donors (Lipinski definition) is 3. The van der Waals surface area contributed by atoms with E-state index in [1.54, 1.807) is 0 Å². The van der Waals surface area contributed by atoms with Gasteiger partial charge in [0.15, 0.2) is 0 Å². The molecule has 0 radical (unpaired) electrons. The summed E-state index contributed by atoms with van der Waals surface area (Å²) in [6.45, 7) is 2.47. The van der Waals surface area contributed by atoms with E-state index in [0.717, 1.165) is 43.7 Å². The van der Waals surface area contributed by atoms with Crippen LogP contribution in [0.4, 0.5) is 0 Å². The van der Waals surface area contributed by atoms with E-state index in [4.69, 9.17) is 9.84 Å². The number of amides is 1. The summed E-state index contributed by atoms with van der Waals surface area (Å²) in [6, 6.07) is 7.66. The van der Waals surface area contributed by atoms with Crippen LogP contribution in [-0.2, 0) is 11.3 Å². The first-order chi connectivity index (χ1) is 11.3. The fourth-order valence-corrected chi connectivity index (χ4v) is 3.99. The molecule has 2 fully saturated rings. The Kier molecular flexibility index (Phi) is 6.90. The zero-order valence-electron chi connectivity index (χ0n) is 13.9. The molecule has 1 aromatic carbocycles. The number of para-hydroxylation sites is 1. The molecule has 0 bridgehead atoms. The van der Waals surface area contributed by atoms with E-state index in [2.05, 4.69) is 10.6 Å². The first-order valence-electron chi connectivity index (χ1n) is 8.57. The Hall–Kier alpha value is -1.30. The van der Waals surface area contributed by atoms with E-state index < -0.39 is 0 Å². The molecule has 2 aliphatic rings. The van der Waals surface area contributed by atoms with Gasteiger partial charge in [0, 0.05) is 18.7 Å². The number of benzene rings is 1. The van der Waals surface area contributed by atoms with Gasteiger partial charge in [0.1, 0.15) is 12.4 Å². The topological polar surface area (TPSA) is 70.6 Å². The Labute approximate surface area is 149 Å². The molecule has 5 nitrogen and oxygen atoms in total. The molecule has 0 unspecified atom stereocenters. The number of carbonyl (C=O) groups is 1. The molecule has 134 valence electrons. The third-order valence-electron chi connectivity index (χ3n) is 5.25. The molecular formula is C18H27ClN2O3. The molecule has 24 heavy (non-hydrogen) atoms. The van der Waals surface area contributed by atoms with Crippen molar-refractivity contribution >= 4 is 18.3 Å². The molecule has 1 saturated heterocycles. The molecule has 1 aromatic rings. The maximum absolute atomic E-state index is 12.9. The van der Waals surface area contributed by atoms with Crippen molar-refractivity contribution in [3.8, 4) is 5.75 Å². The quantitative estimate of drug-likeness (QED) is 0.729. The number of halogens is 1. The summed E-state index contributed by atoms with van der Waals surface area (Å²) in [6.07, 6.45) is 4.51. The predicted octanol–water partition coefficient (Wildman–Crippen LogP) is 1.88. The van der Waals surface area contributed by atoms with Crippen LogP contribution in [0.1, 0.15) is 31.2 Å². The summed E-state index contributed by atoms with van der Waals surface area (Å²) in [5.41, 5.74) is 0.725. The van der Waals surface area contributed by atoms with Crippen molar-refractivity contribution in [3.63, 3.8) is 0 Å². The van der Waals surface area contributed by atoms with Crippen LogP contribution in [0.3, 0.4) is 0 Å². The van der Waals surface area contributed by atoms with Gasteiger partial charge in [-0.3, -0.25) is 4.79 Å². The average Bonchev–Trinajstić information content (AvgIpc) is 3.03. The molecule has 6 heteroatoms. The second-order valence-electron chi connectivity index (χ2n) is 6.59. The van der Waals surface area contributed by atoms with Crippen LogP contribution in [0, 0.1) is 11.3 Å². The normalized spacial score (nSPS) is 25.5. The fourth-order valence-electron chi connectivity index (χ4n) is 3.99. The number of nitrogens with one attached hydrogen (secondary N) is 2. The van der Waals surface area contributed by atoms with Crippen LogP contribution >= 0.6 is 12.4 Å². The third-order valence-corrected chi connectivity index (χ3v) is 5.25. The SMILES string of the molecule is Cl.O=C(NCc1ccccc1OCCO)[C@@]12CCCC[C@H]1CNC2. The highest BCUT2D eigenvalue weighted by molar-refractivity contribution is 5.85. The maximum Gasteiger partial charge on any atom is 0.228 e. The Morgan fingerprint density at radius 3 is 3.04 bits per heavy atom. The van der Waals surface area contributed by atoms with Crippen molar-refractivity contribution in [3.05, 3.63) is 29.8 Å². The van der Waals surface area contributed by atoms with Crippen molar-refractivity contribution in [1.29, 1.82) is 0 Å². The predicted molar refractivity (Wildman–Crippen MR) is 95.4 cm³/mol. The highest BCUT2D eigenvalue weighted by Gasteiger charge is 2.49. The van der Waals surface area contributed by atoms with E-state index in [1.165, 1.54) is 6.42 Å². The van der Waals surface area contributed by atoms with E-state index in [9.17, 15) is 4.79 Å². The minimum atomic E-state index is -0.223. The van der Waals surface area contributed by atoms with E-state index in [1.807, 2.05) is 24.3 Å². The highest BCUT2D eigenvalue weighted by Crippen LogP contribution is 2.43. The maximum atomic E-state index is 12.9. The smallest absolute Gasteiger partial charge is 0.228 e. The van der Waals surface area contributed by atoms with E-state index in [-0.39, 0.29) is 36.9 Å². The molecule has 1 amide bonds. The number of rotatable bonds is 6. The number of hydrogen-bond acceptors (Lipinski definition) is 4. The van der Waals surface area contributed by atoms with Crippen LogP contribution in [0.25, 0.3) is 0 Å². The first kappa shape index (κ1) is 19.0. The molecule has 2 atom stereocenters. The standard InChI is InChI=1S/C18H26N2O3.ClH/c21-9-10-23-16-7-2-1-5-14(16)11-20-17(22)18-8-4-3-6-15(18)12-19-13-18;/h1-2,5,7,15,19,21H,3-4,6,8-13H2,(H,20,22);1H/t15-,18+;/m0./s1. The molecule has 1 saturated carbocycles. The lowest BCUT2D eigenvalue weighted by Crippen LogP contribution is -2.47. The van der Waals surface area contributed by atoms with Gasteiger partial charge in [-0.25, -0.2) is 0 Å². The molecule has 3 N–H and O–H groups in total. The Morgan fingerprint density at radius 2 is 2.21 bits per heavy atom.